The summed E-state index contributed by atoms with van der Waals surface area (Å²) in [6.45, 7) is 5.09. The van der Waals surface area contributed by atoms with E-state index in [1.807, 2.05) is 11.2 Å². The topological polar surface area (TPSA) is 75.4 Å². The van der Waals surface area contributed by atoms with E-state index in [0.29, 0.717) is 13.1 Å². The molecule has 6 nitrogen and oxygen atoms in total. The van der Waals surface area contributed by atoms with Crippen LogP contribution in [-0.2, 0) is 11.2 Å². The Hall–Kier alpha value is -0.860. The van der Waals surface area contributed by atoms with E-state index in [0.717, 1.165) is 42.6 Å². The van der Waals surface area contributed by atoms with Crippen molar-refractivity contribution in [3.8, 4) is 0 Å². The Labute approximate surface area is 134 Å². The Bertz CT molecular complexity index is 459. The highest BCUT2D eigenvalue weighted by atomic mass is 32.2. The second-order valence-corrected chi connectivity index (χ2v) is 6.76. The average Bonchev–Trinajstić information content (AvgIpc) is 3.01. The summed E-state index contributed by atoms with van der Waals surface area (Å²) in [6.07, 6.45) is 3.64. The number of amides is 1. The quantitative estimate of drug-likeness (QED) is 0.833. The van der Waals surface area contributed by atoms with Crippen LogP contribution >= 0.6 is 23.3 Å². The molecule has 1 fully saturated rings. The number of thioether (sulfide) groups is 1. The molecule has 1 saturated heterocycles. The molecular weight excluding hydrogens is 306 g/mol. The molecule has 0 unspecified atom stereocenters. The van der Waals surface area contributed by atoms with E-state index in [2.05, 4.69) is 21.2 Å². The number of carbonyl (C=O) groups excluding carboxylic acids is 1. The minimum absolute atomic E-state index is 0.0789. The zero-order valence-electron chi connectivity index (χ0n) is 12.6. The van der Waals surface area contributed by atoms with Crippen molar-refractivity contribution in [1.82, 2.24) is 14.3 Å². The Balaban J connectivity index is 1.83. The lowest BCUT2D eigenvalue weighted by atomic mass is 10.2. The van der Waals surface area contributed by atoms with Gasteiger partial charge in [-0.2, -0.15) is 16.1 Å². The summed E-state index contributed by atoms with van der Waals surface area (Å²) in [5, 5.41) is 0.964. The lowest BCUT2D eigenvalue weighted by molar-refractivity contribution is -0.132. The molecule has 21 heavy (non-hydrogen) atoms. The van der Waals surface area contributed by atoms with E-state index in [1.165, 1.54) is 11.5 Å². The highest BCUT2D eigenvalue weighted by Crippen LogP contribution is 2.19. The Kier molecular flexibility index (Phi) is 6.25. The number of anilines is 1. The van der Waals surface area contributed by atoms with Gasteiger partial charge in [0.25, 0.3) is 0 Å². The fourth-order valence-corrected chi connectivity index (χ4v) is 3.53. The molecule has 0 radical (unpaired) electrons. The van der Waals surface area contributed by atoms with E-state index >= 15 is 0 Å². The van der Waals surface area contributed by atoms with Crippen molar-refractivity contribution in [2.75, 3.05) is 43.1 Å². The second-order valence-electron chi connectivity index (χ2n) is 5.05. The van der Waals surface area contributed by atoms with Gasteiger partial charge in [0.1, 0.15) is 5.82 Å². The first-order valence-electron chi connectivity index (χ1n) is 7.26. The van der Waals surface area contributed by atoms with Gasteiger partial charge in [-0.15, -0.1) is 0 Å². The van der Waals surface area contributed by atoms with Gasteiger partial charge >= 0.3 is 0 Å². The van der Waals surface area contributed by atoms with Crippen LogP contribution in [0.2, 0.25) is 0 Å². The molecule has 1 amide bonds. The van der Waals surface area contributed by atoms with Crippen LogP contribution in [0.1, 0.15) is 19.2 Å². The zero-order valence-corrected chi connectivity index (χ0v) is 14.3. The fraction of sp³-hybridized carbons (Fsp3) is 0.769. The molecule has 1 atom stereocenters. The predicted molar refractivity (Wildman–Crippen MR) is 89.1 cm³/mol. The van der Waals surface area contributed by atoms with Gasteiger partial charge in [0.15, 0.2) is 0 Å². The molecule has 0 aliphatic carbocycles. The molecule has 2 N–H and O–H groups in total. The number of hydrogen-bond acceptors (Lipinski definition) is 7. The van der Waals surface area contributed by atoms with E-state index in [4.69, 9.17) is 5.73 Å². The largest absolute Gasteiger partial charge is 0.343 e. The first-order chi connectivity index (χ1) is 10.2. The van der Waals surface area contributed by atoms with Crippen LogP contribution < -0.4 is 10.6 Å². The van der Waals surface area contributed by atoms with Crippen molar-refractivity contribution in [3.63, 3.8) is 0 Å². The summed E-state index contributed by atoms with van der Waals surface area (Å²) < 4.78 is 4.31. The van der Waals surface area contributed by atoms with Crippen LogP contribution in [0, 0.1) is 0 Å². The van der Waals surface area contributed by atoms with Gasteiger partial charge in [-0.25, -0.2) is 4.98 Å². The zero-order chi connectivity index (χ0) is 15.2. The minimum atomic E-state index is -0.364. The maximum Gasteiger partial charge on any atom is 0.239 e. The van der Waals surface area contributed by atoms with Crippen molar-refractivity contribution < 1.29 is 4.79 Å². The normalized spacial score (nSPS) is 17.1. The standard InChI is InChI=1S/C13H23N5OS2/c1-3-11-15-13(21-16-11)18-7-5-17(6-8-18)12(19)10(14)4-9-20-2/h10H,3-9,14H2,1-2H3/t10-/m0/s1. The van der Waals surface area contributed by atoms with Gasteiger partial charge < -0.3 is 15.5 Å². The van der Waals surface area contributed by atoms with E-state index in [9.17, 15) is 4.79 Å². The molecule has 0 saturated carbocycles. The smallest absolute Gasteiger partial charge is 0.239 e. The lowest BCUT2D eigenvalue weighted by Crippen LogP contribution is -2.53. The van der Waals surface area contributed by atoms with Crippen LogP contribution in [0.25, 0.3) is 0 Å². The number of nitrogens with zero attached hydrogens (tertiary/aromatic N) is 4. The highest BCUT2D eigenvalue weighted by Gasteiger charge is 2.26. The van der Waals surface area contributed by atoms with Crippen LogP contribution in [0.4, 0.5) is 5.13 Å². The van der Waals surface area contributed by atoms with Crippen molar-refractivity contribution >= 4 is 34.3 Å². The molecule has 1 aromatic rings. The third-order valence-corrected chi connectivity index (χ3v) is 5.04. The second kappa shape index (κ2) is 7.95. The molecule has 0 spiro atoms. The number of aryl methyl sites for hydroxylation is 1. The maximum atomic E-state index is 12.2. The average molecular weight is 329 g/mol. The number of aromatic nitrogens is 2. The fourth-order valence-electron chi connectivity index (χ4n) is 2.24. The number of rotatable bonds is 6. The first kappa shape index (κ1) is 16.5. The van der Waals surface area contributed by atoms with Crippen LogP contribution in [0.3, 0.4) is 0 Å². The van der Waals surface area contributed by atoms with Crippen molar-refractivity contribution in [1.29, 1.82) is 0 Å². The van der Waals surface area contributed by atoms with Gasteiger partial charge in [0, 0.05) is 44.1 Å². The molecule has 1 aromatic heterocycles. The summed E-state index contributed by atoms with van der Waals surface area (Å²) >= 11 is 3.16. The molecule has 8 heteroatoms. The minimum Gasteiger partial charge on any atom is -0.343 e. The third kappa shape index (κ3) is 4.31. The summed E-state index contributed by atoms with van der Waals surface area (Å²) in [4.78, 5) is 20.8. The molecule has 0 bridgehead atoms. The summed E-state index contributed by atoms with van der Waals surface area (Å²) in [7, 11) is 0. The predicted octanol–water partition coefficient (Wildman–Crippen LogP) is 0.829. The molecule has 2 heterocycles. The van der Waals surface area contributed by atoms with E-state index in [1.54, 1.807) is 11.8 Å². The summed E-state index contributed by atoms with van der Waals surface area (Å²) in [5.74, 6) is 1.90. The van der Waals surface area contributed by atoms with Crippen LogP contribution in [-0.4, -0.2) is 64.4 Å². The number of piperazine rings is 1. The lowest BCUT2D eigenvalue weighted by Gasteiger charge is -2.35. The molecule has 118 valence electrons. The van der Waals surface area contributed by atoms with Gasteiger partial charge in [0.2, 0.25) is 11.0 Å². The van der Waals surface area contributed by atoms with Gasteiger partial charge in [-0.3, -0.25) is 4.79 Å². The van der Waals surface area contributed by atoms with Gasteiger partial charge in [-0.1, -0.05) is 6.92 Å². The SMILES string of the molecule is CCc1nsc(N2CCN(C(=O)[C@@H](N)CCSC)CC2)n1. The van der Waals surface area contributed by atoms with Crippen molar-refractivity contribution in [2.24, 2.45) is 5.73 Å². The third-order valence-electron chi connectivity index (χ3n) is 3.59. The number of hydrogen-bond donors (Lipinski definition) is 1. The molecule has 0 aromatic carbocycles. The molecule has 2 rings (SSSR count). The highest BCUT2D eigenvalue weighted by molar-refractivity contribution is 7.98. The van der Waals surface area contributed by atoms with E-state index < -0.39 is 0 Å². The number of carbonyl (C=O) groups is 1. The van der Waals surface area contributed by atoms with Crippen LogP contribution in [0.15, 0.2) is 0 Å². The summed E-state index contributed by atoms with van der Waals surface area (Å²) in [5.41, 5.74) is 5.96. The maximum absolute atomic E-state index is 12.2. The Morgan fingerprint density at radius 2 is 2.14 bits per heavy atom. The Morgan fingerprint density at radius 1 is 1.43 bits per heavy atom. The molecule has 1 aliphatic heterocycles. The van der Waals surface area contributed by atoms with Crippen molar-refractivity contribution in [3.05, 3.63) is 5.82 Å². The van der Waals surface area contributed by atoms with Crippen LogP contribution in [0.5, 0.6) is 0 Å². The van der Waals surface area contributed by atoms with Gasteiger partial charge in [-0.05, 0) is 18.4 Å². The number of nitrogens with two attached hydrogens (primary N) is 1. The molecular formula is C13H23N5OS2. The molecule has 1 aliphatic rings. The monoisotopic (exact) mass is 329 g/mol. The van der Waals surface area contributed by atoms with Gasteiger partial charge in [0.05, 0.1) is 6.04 Å². The Morgan fingerprint density at radius 3 is 2.71 bits per heavy atom. The first-order valence-corrected chi connectivity index (χ1v) is 9.43. The summed E-state index contributed by atoms with van der Waals surface area (Å²) in [6, 6.07) is -0.364. The van der Waals surface area contributed by atoms with Crippen molar-refractivity contribution in [2.45, 2.75) is 25.8 Å². The van der Waals surface area contributed by atoms with E-state index in [-0.39, 0.29) is 11.9 Å².